The molecule has 0 saturated carbocycles. The van der Waals surface area contributed by atoms with Gasteiger partial charge in [0, 0.05) is 5.57 Å². The van der Waals surface area contributed by atoms with Gasteiger partial charge in [-0.2, -0.15) is 5.26 Å². The fourth-order valence-electron chi connectivity index (χ4n) is 1.52. The molecule has 0 aliphatic heterocycles. The van der Waals surface area contributed by atoms with Crippen LogP contribution in [0.4, 0.5) is 0 Å². The third kappa shape index (κ3) is 1.12. The van der Waals surface area contributed by atoms with Crippen LogP contribution in [0.3, 0.4) is 0 Å². The van der Waals surface area contributed by atoms with E-state index < -0.39 is 0 Å². The first-order valence-electron chi connectivity index (χ1n) is 4.09. The molecule has 1 aromatic rings. The molecule has 0 fully saturated rings. The van der Waals surface area contributed by atoms with Crippen LogP contribution >= 0.6 is 0 Å². The lowest BCUT2D eigenvalue weighted by Gasteiger charge is -2.11. The molecule has 58 valence electrons. The molecule has 1 aliphatic rings. The van der Waals surface area contributed by atoms with Gasteiger partial charge in [0.15, 0.2) is 0 Å². The molecule has 0 atom stereocenters. The number of nitrogens with zero attached hydrogens (tertiary/aromatic N) is 1. The van der Waals surface area contributed by atoms with Crippen LogP contribution in [0, 0.1) is 11.3 Å². The van der Waals surface area contributed by atoms with Gasteiger partial charge in [-0.25, -0.2) is 0 Å². The van der Waals surface area contributed by atoms with Crippen molar-refractivity contribution in [2.45, 2.75) is 12.8 Å². The summed E-state index contributed by atoms with van der Waals surface area (Å²) in [4.78, 5) is 0. The van der Waals surface area contributed by atoms with Crippen LogP contribution in [0.5, 0.6) is 0 Å². The highest BCUT2D eigenvalue weighted by molar-refractivity contribution is 5.62. The lowest BCUT2D eigenvalue weighted by Crippen LogP contribution is -1.96. The summed E-state index contributed by atoms with van der Waals surface area (Å²) in [5.41, 5.74) is 3.46. The van der Waals surface area contributed by atoms with Gasteiger partial charge in [0.05, 0.1) is 6.07 Å². The molecule has 0 amide bonds. The van der Waals surface area contributed by atoms with Gasteiger partial charge in [0.25, 0.3) is 0 Å². The van der Waals surface area contributed by atoms with E-state index in [1.54, 1.807) is 0 Å². The van der Waals surface area contributed by atoms with Crippen LogP contribution in [0.25, 0.3) is 6.08 Å². The van der Waals surface area contributed by atoms with Crippen molar-refractivity contribution in [3.8, 4) is 6.07 Å². The monoisotopic (exact) mass is 155 g/mol. The van der Waals surface area contributed by atoms with E-state index in [1.807, 2.05) is 18.2 Å². The highest BCUT2D eigenvalue weighted by atomic mass is 14.3. The third-order valence-corrected chi connectivity index (χ3v) is 2.19. The van der Waals surface area contributed by atoms with E-state index in [2.05, 4.69) is 18.2 Å². The number of nitriles is 1. The molecule has 0 radical (unpaired) electrons. The first kappa shape index (κ1) is 7.12. The summed E-state index contributed by atoms with van der Waals surface area (Å²) >= 11 is 0. The number of rotatable bonds is 0. The van der Waals surface area contributed by atoms with E-state index in [-0.39, 0.29) is 0 Å². The minimum absolute atomic E-state index is 0.896. The zero-order valence-corrected chi connectivity index (χ0v) is 6.75. The Labute approximate surface area is 72.0 Å². The molecule has 0 saturated heterocycles. The van der Waals surface area contributed by atoms with E-state index in [9.17, 15) is 0 Å². The summed E-state index contributed by atoms with van der Waals surface area (Å²) in [6.07, 6.45) is 3.89. The molecular weight excluding hydrogens is 146 g/mol. The van der Waals surface area contributed by atoms with Gasteiger partial charge in [-0.05, 0) is 30.0 Å². The second-order valence-corrected chi connectivity index (χ2v) is 2.98. The first-order chi connectivity index (χ1) is 5.90. The molecule has 1 aliphatic carbocycles. The van der Waals surface area contributed by atoms with Gasteiger partial charge in [-0.15, -0.1) is 0 Å². The largest absolute Gasteiger partial charge is 0.193 e. The molecule has 0 spiro atoms. The molecule has 0 heterocycles. The normalized spacial score (nSPS) is 14.4. The van der Waals surface area contributed by atoms with Gasteiger partial charge in [0.2, 0.25) is 0 Å². The predicted octanol–water partition coefficient (Wildman–Crippen LogP) is 2.54. The van der Waals surface area contributed by atoms with Gasteiger partial charge in [-0.1, -0.05) is 24.3 Å². The average Bonchev–Trinajstić information content (AvgIpc) is 2.17. The summed E-state index contributed by atoms with van der Waals surface area (Å²) in [6.45, 7) is 0. The van der Waals surface area contributed by atoms with Crippen molar-refractivity contribution in [3.05, 3.63) is 41.0 Å². The van der Waals surface area contributed by atoms with Crippen molar-refractivity contribution in [2.75, 3.05) is 0 Å². The maximum atomic E-state index is 8.70. The summed E-state index contributed by atoms with van der Waals surface area (Å²) < 4.78 is 0. The van der Waals surface area contributed by atoms with Gasteiger partial charge < -0.3 is 0 Å². The Morgan fingerprint density at radius 3 is 2.83 bits per heavy atom. The van der Waals surface area contributed by atoms with Crippen molar-refractivity contribution in [2.24, 2.45) is 0 Å². The third-order valence-electron chi connectivity index (χ3n) is 2.19. The summed E-state index contributed by atoms with van der Waals surface area (Å²) in [7, 11) is 0. The summed E-state index contributed by atoms with van der Waals surface area (Å²) in [5.74, 6) is 0. The highest BCUT2D eigenvalue weighted by Crippen LogP contribution is 2.22. The van der Waals surface area contributed by atoms with Crippen LogP contribution in [-0.4, -0.2) is 0 Å². The second kappa shape index (κ2) is 2.83. The molecule has 0 N–H and O–H groups in total. The van der Waals surface area contributed by atoms with Crippen molar-refractivity contribution in [1.82, 2.24) is 0 Å². The first-order valence-corrected chi connectivity index (χ1v) is 4.09. The Hall–Kier alpha value is -1.55. The van der Waals surface area contributed by atoms with E-state index in [1.165, 1.54) is 11.1 Å². The van der Waals surface area contributed by atoms with Crippen molar-refractivity contribution >= 4 is 6.08 Å². The van der Waals surface area contributed by atoms with Crippen LogP contribution in [0.2, 0.25) is 0 Å². The highest BCUT2D eigenvalue weighted by Gasteiger charge is 2.07. The number of benzene rings is 1. The van der Waals surface area contributed by atoms with Gasteiger partial charge in [0.1, 0.15) is 0 Å². The van der Waals surface area contributed by atoms with E-state index in [4.69, 9.17) is 5.26 Å². The molecular formula is C11H9N. The molecule has 1 aromatic carbocycles. The molecule has 1 heteroatoms. The molecule has 12 heavy (non-hydrogen) atoms. The molecule has 2 rings (SSSR count). The number of hydrogen-bond donors (Lipinski definition) is 0. The fraction of sp³-hybridized carbons (Fsp3) is 0.182. The molecule has 0 aromatic heterocycles. The minimum atomic E-state index is 0.896. The lowest BCUT2D eigenvalue weighted by atomic mass is 9.93. The number of allylic oxidation sites excluding steroid dienone is 1. The SMILES string of the molecule is N#CC1=Cc2ccccc2CC1. The summed E-state index contributed by atoms with van der Waals surface area (Å²) in [5, 5.41) is 8.70. The smallest absolute Gasteiger partial charge is 0.0947 e. The van der Waals surface area contributed by atoms with Gasteiger partial charge in [-0.3, -0.25) is 0 Å². The average molecular weight is 155 g/mol. The maximum Gasteiger partial charge on any atom is 0.0947 e. The molecule has 1 nitrogen and oxygen atoms in total. The second-order valence-electron chi connectivity index (χ2n) is 2.98. The molecule has 0 unspecified atom stereocenters. The zero-order chi connectivity index (χ0) is 8.39. The van der Waals surface area contributed by atoms with Crippen LogP contribution in [0.1, 0.15) is 17.5 Å². The zero-order valence-electron chi connectivity index (χ0n) is 6.75. The summed E-state index contributed by atoms with van der Waals surface area (Å²) in [6, 6.07) is 10.4. The number of fused-ring (bicyclic) bond motifs is 1. The van der Waals surface area contributed by atoms with E-state index >= 15 is 0 Å². The standard InChI is InChI=1S/C11H9N/c12-8-9-5-6-10-3-1-2-4-11(10)7-9/h1-4,7H,5-6H2. The topological polar surface area (TPSA) is 23.8 Å². The predicted molar refractivity (Wildman–Crippen MR) is 48.4 cm³/mol. The number of hydrogen-bond acceptors (Lipinski definition) is 1. The van der Waals surface area contributed by atoms with Crippen LogP contribution in [0.15, 0.2) is 29.8 Å². The lowest BCUT2D eigenvalue weighted by molar-refractivity contribution is 0.953. The number of aryl methyl sites for hydroxylation is 1. The quantitative estimate of drug-likeness (QED) is 0.564. The van der Waals surface area contributed by atoms with Gasteiger partial charge >= 0.3 is 0 Å². The Kier molecular flexibility index (Phi) is 1.68. The Morgan fingerprint density at radius 2 is 2.00 bits per heavy atom. The van der Waals surface area contributed by atoms with Crippen molar-refractivity contribution in [3.63, 3.8) is 0 Å². The Morgan fingerprint density at radius 1 is 1.17 bits per heavy atom. The maximum absolute atomic E-state index is 8.70. The van der Waals surface area contributed by atoms with Crippen LogP contribution < -0.4 is 0 Å². The minimum Gasteiger partial charge on any atom is -0.193 e. The van der Waals surface area contributed by atoms with Crippen molar-refractivity contribution in [1.29, 1.82) is 5.26 Å². The Bertz CT molecular complexity index is 369. The Balaban J connectivity index is 2.49. The molecule has 0 bridgehead atoms. The van der Waals surface area contributed by atoms with Crippen LogP contribution in [-0.2, 0) is 6.42 Å². The van der Waals surface area contributed by atoms with E-state index in [0.717, 1.165) is 18.4 Å². The van der Waals surface area contributed by atoms with Crippen molar-refractivity contribution < 1.29 is 0 Å². The van der Waals surface area contributed by atoms with E-state index in [0.29, 0.717) is 0 Å². The fourth-order valence-corrected chi connectivity index (χ4v) is 1.52.